The lowest BCUT2D eigenvalue weighted by Crippen LogP contribution is -1.95. The summed E-state index contributed by atoms with van der Waals surface area (Å²) in [7, 11) is 0. The molecule has 0 atom stereocenters. The number of carboxylic acids is 1. The quantitative estimate of drug-likeness (QED) is 0.777. The van der Waals surface area contributed by atoms with Crippen LogP contribution < -0.4 is 4.74 Å². The largest absolute Gasteiger partial charge is 0.493 e. The molecule has 3 rings (SSSR count). The number of hydrogen-bond acceptors (Lipinski definition) is 4. The van der Waals surface area contributed by atoms with E-state index >= 15 is 0 Å². The Labute approximate surface area is 132 Å². The van der Waals surface area contributed by atoms with Crippen LogP contribution in [0.15, 0.2) is 36.4 Å². The number of carboxylic acid groups (broad SMARTS) is 1. The van der Waals surface area contributed by atoms with E-state index in [9.17, 15) is 9.90 Å². The van der Waals surface area contributed by atoms with Crippen LogP contribution in [-0.4, -0.2) is 22.7 Å². The predicted molar refractivity (Wildman–Crippen MR) is 87.9 cm³/mol. The Bertz CT molecular complexity index is 854. The molecule has 0 aliphatic rings. The van der Waals surface area contributed by atoms with Crippen LogP contribution in [0.3, 0.4) is 0 Å². The van der Waals surface area contributed by atoms with E-state index in [1.54, 1.807) is 6.92 Å². The van der Waals surface area contributed by atoms with Gasteiger partial charge in [0.1, 0.15) is 15.6 Å². The molecule has 0 bridgehead atoms. The number of benzene rings is 2. The fraction of sp³-hybridized carbons (Fsp3) is 0.176. The van der Waals surface area contributed by atoms with Gasteiger partial charge in [0.25, 0.3) is 0 Å². The SMILES string of the molecule is CCOc1ccc2ccccc2c1-c1nc(C)c(C(=O)O)s1. The molecule has 3 aromatic rings. The van der Waals surface area contributed by atoms with Gasteiger partial charge >= 0.3 is 5.97 Å². The zero-order valence-electron chi connectivity index (χ0n) is 12.3. The molecule has 1 aromatic heterocycles. The number of aromatic nitrogens is 1. The molecule has 0 aliphatic carbocycles. The highest BCUT2D eigenvalue weighted by atomic mass is 32.1. The summed E-state index contributed by atoms with van der Waals surface area (Å²) in [6.45, 7) is 4.19. The zero-order valence-corrected chi connectivity index (χ0v) is 13.1. The molecule has 2 aromatic carbocycles. The molecule has 0 fully saturated rings. The maximum Gasteiger partial charge on any atom is 0.347 e. The number of thiazole rings is 1. The number of fused-ring (bicyclic) bond motifs is 1. The van der Waals surface area contributed by atoms with Crippen LogP contribution in [-0.2, 0) is 0 Å². The Hall–Kier alpha value is -2.40. The number of aryl methyl sites for hydroxylation is 1. The first-order valence-electron chi connectivity index (χ1n) is 6.97. The lowest BCUT2D eigenvalue weighted by Gasteiger charge is -2.11. The lowest BCUT2D eigenvalue weighted by atomic mass is 10.0. The molecule has 1 heterocycles. The van der Waals surface area contributed by atoms with Crippen LogP contribution in [0.25, 0.3) is 21.3 Å². The minimum absolute atomic E-state index is 0.269. The van der Waals surface area contributed by atoms with Gasteiger partial charge in [0, 0.05) is 0 Å². The molecule has 0 saturated carbocycles. The maximum absolute atomic E-state index is 11.3. The Morgan fingerprint density at radius 3 is 2.73 bits per heavy atom. The van der Waals surface area contributed by atoms with Gasteiger partial charge in [-0.25, -0.2) is 9.78 Å². The van der Waals surface area contributed by atoms with Gasteiger partial charge in [-0.1, -0.05) is 30.3 Å². The molecule has 4 nitrogen and oxygen atoms in total. The van der Waals surface area contributed by atoms with E-state index in [-0.39, 0.29) is 4.88 Å². The second-order valence-corrected chi connectivity index (χ2v) is 5.83. The fourth-order valence-corrected chi connectivity index (χ4v) is 3.42. The van der Waals surface area contributed by atoms with Gasteiger partial charge in [-0.05, 0) is 30.7 Å². The van der Waals surface area contributed by atoms with Crippen molar-refractivity contribution >= 4 is 28.1 Å². The van der Waals surface area contributed by atoms with E-state index in [1.807, 2.05) is 43.3 Å². The Morgan fingerprint density at radius 1 is 1.27 bits per heavy atom. The first-order chi connectivity index (χ1) is 10.6. The van der Waals surface area contributed by atoms with Crippen LogP contribution in [0.5, 0.6) is 5.75 Å². The molecule has 0 spiro atoms. The van der Waals surface area contributed by atoms with Crippen molar-refractivity contribution in [3.05, 3.63) is 47.0 Å². The molecular formula is C17H15NO3S. The van der Waals surface area contributed by atoms with Crippen LogP contribution in [0, 0.1) is 6.92 Å². The monoisotopic (exact) mass is 313 g/mol. The fourth-order valence-electron chi connectivity index (χ4n) is 2.45. The van der Waals surface area contributed by atoms with E-state index in [2.05, 4.69) is 4.98 Å². The highest BCUT2D eigenvalue weighted by molar-refractivity contribution is 7.17. The smallest absolute Gasteiger partial charge is 0.347 e. The molecule has 0 amide bonds. The third-order valence-corrected chi connectivity index (χ3v) is 4.56. The molecule has 22 heavy (non-hydrogen) atoms. The summed E-state index contributed by atoms with van der Waals surface area (Å²) in [6, 6.07) is 11.9. The summed E-state index contributed by atoms with van der Waals surface area (Å²) >= 11 is 1.18. The number of nitrogens with zero attached hydrogens (tertiary/aromatic N) is 1. The second kappa shape index (κ2) is 5.77. The molecule has 0 unspecified atom stereocenters. The van der Waals surface area contributed by atoms with Gasteiger partial charge in [-0.2, -0.15) is 0 Å². The van der Waals surface area contributed by atoms with Crippen molar-refractivity contribution in [1.82, 2.24) is 4.98 Å². The number of ether oxygens (including phenoxy) is 1. The normalized spacial score (nSPS) is 10.8. The highest BCUT2D eigenvalue weighted by Gasteiger charge is 2.19. The van der Waals surface area contributed by atoms with Crippen molar-refractivity contribution < 1.29 is 14.6 Å². The van der Waals surface area contributed by atoms with Crippen LogP contribution >= 0.6 is 11.3 Å². The number of rotatable bonds is 4. The van der Waals surface area contributed by atoms with Gasteiger partial charge < -0.3 is 9.84 Å². The maximum atomic E-state index is 11.3. The molecule has 0 radical (unpaired) electrons. The third kappa shape index (κ3) is 2.44. The van der Waals surface area contributed by atoms with Crippen molar-refractivity contribution in [2.45, 2.75) is 13.8 Å². The molecule has 1 N–H and O–H groups in total. The van der Waals surface area contributed by atoms with E-state index < -0.39 is 5.97 Å². The summed E-state index contributed by atoms with van der Waals surface area (Å²) < 4.78 is 5.73. The third-order valence-electron chi connectivity index (χ3n) is 3.40. The van der Waals surface area contributed by atoms with Gasteiger partial charge in [0.05, 0.1) is 17.9 Å². The molecule has 112 valence electrons. The van der Waals surface area contributed by atoms with Crippen molar-refractivity contribution in [3.63, 3.8) is 0 Å². The molecule has 0 aliphatic heterocycles. The highest BCUT2D eigenvalue weighted by Crippen LogP contribution is 2.40. The van der Waals surface area contributed by atoms with E-state index in [0.717, 1.165) is 22.1 Å². The first-order valence-corrected chi connectivity index (χ1v) is 7.79. The van der Waals surface area contributed by atoms with E-state index in [4.69, 9.17) is 4.74 Å². The predicted octanol–water partition coefficient (Wildman–Crippen LogP) is 4.37. The molecule has 5 heteroatoms. The van der Waals surface area contributed by atoms with Crippen molar-refractivity contribution in [2.75, 3.05) is 6.61 Å². The topological polar surface area (TPSA) is 59.4 Å². The van der Waals surface area contributed by atoms with Gasteiger partial charge in [-0.3, -0.25) is 0 Å². The summed E-state index contributed by atoms with van der Waals surface area (Å²) in [5, 5.41) is 12.0. The number of carbonyl (C=O) groups is 1. The van der Waals surface area contributed by atoms with Crippen molar-refractivity contribution in [3.8, 4) is 16.3 Å². The molecule has 0 saturated heterocycles. The standard InChI is InChI=1S/C17H15NO3S/c1-3-21-13-9-8-11-6-4-5-7-12(11)14(13)16-18-10(2)15(22-16)17(19)20/h4-9H,3H2,1-2H3,(H,19,20). The molecular weight excluding hydrogens is 298 g/mol. The van der Waals surface area contributed by atoms with Crippen molar-refractivity contribution in [1.29, 1.82) is 0 Å². The first kappa shape index (κ1) is 14.5. The Balaban J connectivity index is 2.29. The van der Waals surface area contributed by atoms with E-state index in [1.165, 1.54) is 11.3 Å². The second-order valence-electron chi connectivity index (χ2n) is 4.83. The van der Waals surface area contributed by atoms with Crippen molar-refractivity contribution in [2.24, 2.45) is 0 Å². The Kier molecular flexibility index (Phi) is 3.81. The van der Waals surface area contributed by atoms with Crippen LogP contribution in [0.4, 0.5) is 0 Å². The summed E-state index contributed by atoms with van der Waals surface area (Å²) in [5.74, 6) is -0.216. The average molecular weight is 313 g/mol. The van der Waals surface area contributed by atoms with Crippen LogP contribution in [0.2, 0.25) is 0 Å². The zero-order chi connectivity index (χ0) is 15.7. The lowest BCUT2D eigenvalue weighted by molar-refractivity contribution is 0.0701. The summed E-state index contributed by atoms with van der Waals surface area (Å²) in [6.07, 6.45) is 0. The average Bonchev–Trinajstić information content (AvgIpc) is 2.89. The number of aromatic carboxylic acids is 1. The minimum Gasteiger partial charge on any atom is -0.493 e. The van der Waals surface area contributed by atoms with E-state index in [0.29, 0.717) is 17.3 Å². The van der Waals surface area contributed by atoms with Gasteiger partial charge in [0.2, 0.25) is 0 Å². The van der Waals surface area contributed by atoms with Gasteiger partial charge in [-0.15, -0.1) is 11.3 Å². The van der Waals surface area contributed by atoms with Crippen LogP contribution in [0.1, 0.15) is 22.3 Å². The summed E-state index contributed by atoms with van der Waals surface area (Å²) in [5.41, 5.74) is 1.39. The minimum atomic E-state index is -0.945. The van der Waals surface area contributed by atoms with Gasteiger partial charge in [0.15, 0.2) is 0 Å². The number of hydrogen-bond donors (Lipinski definition) is 1. The summed E-state index contributed by atoms with van der Waals surface area (Å²) in [4.78, 5) is 16.0. The Morgan fingerprint density at radius 2 is 2.05 bits per heavy atom.